The molecule has 0 bridgehead atoms. The second kappa shape index (κ2) is 6.11. The number of hydrogen-bond acceptors (Lipinski definition) is 2. The zero-order valence-electron chi connectivity index (χ0n) is 13.6. The van der Waals surface area contributed by atoms with E-state index in [4.69, 9.17) is 23.2 Å². The van der Waals surface area contributed by atoms with Crippen LogP contribution in [0.2, 0.25) is 10.0 Å². The maximum atomic E-state index is 12.6. The summed E-state index contributed by atoms with van der Waals surface area (Å²) < 4.78 is 0. The van der Waals surface area contributed by atoms with E-state index in [1.165, 1.54) is 0 Å². The summed E-state index contributed by atoms with van der Waals surface area (Å²) in [7, 11) is 0. The molecule has 2 N–H and O–H groups in total. The Bertz CT molecular complexity index is 875. The van der Waals surface area contributed by atoms with Crippen molar-refractivity contribution in [3.63, 3.8) is 0 Å². The average Bonchev–Trinajstić information content (AvgIpc) is 2.90. The molecule has 0 radical (unpaired) electrons. The number of rotatable bonds is 3. The summed E-state index contributed by atoms with van der Waals surface area (Å²) in [6, 6.07) is 9.10. The summed E-state index contributed by atoms with van der Waals surface area (Å²) in [4.78, 5) is 20.0. The first-order valence-corrected chi connectivity index (χ1v) is 8.25. The molecule has 0 unspecified atom stereocenters. The van der Waals surface area contributed by atoms with Gasteiger partial charge in [-0.3, -0.25) is 9.78 Å². The summed E-state index contributed by atoms with van der Waals surface area (Å²) in [5, 5.41) is 4.77. The lowest BCUT2D eigenvalue weighted by molar-refractivity contribution is 0.0907. The number of nitrogens with zero attached hydrogens (tertiary/aromatic N) is 1. The molecule has 0 atom stereocenters. The van der Waals surface area contributed by atoms with Crippen LogP contribution in [-0.4, -0.2) is 15.9 Å². The van der Waals surface area contributed by atoms with Gasteiger partial charge < -0.3 is 10.3 Å². The van der Waals surface area contributed by atoms with Crippen LogP contribution < -0.4 is 5.32 Å². The monoisotopic (exact) mass is 361 g/mol. The molecular formula is C18H17Cl2N3O. The number of aromatic amines is 1. The number of fused-ring (bicyclic) bond motifs is 1. The fourth-order valence-corrected chi connectivity index (χ4v) is 2.85. The van der Waals surface area contributed by atoms with Gasteiger partial charge in [-0.05, 0) is 50.6 Å². The maximum Gasteiger partial charge on any atom is 0.268 e. The smallest absolute Gasteiger partial charge is 0.268 e. The molecule has 24 heavy (non-hydrogen) atoms. The van der Waals surface area contributed by atoms with Gasteiger partial charge >= 0.3 is 0 Å². The third-order valence-electron chi connectivity index (χ3n) is 3.97. The molecule has 0 aliphatic carbocycles. The predicted molar refractivity (Wildman–Crippen MR) is 97.8 cm³/mol. The molecule has 3 aromatic rings. The van der Waals surface area contributed by atoms with Crippen LogP contribution in [0.15, 0.2) is 36.5 Å². The van der Waals surface area contributed by atoms with Crippen molar-refractivity contribution in [2.24, 2.45) is 0 Å². The lowest BCUT2D eigenvalue weighted by Gasteiger charge is -2.26. The highest BCUT2D eigenvalue weighted by molar-refractivity contribution is 6.42. The van der Waals surface area contributed by atoms with E-state index in [1.54, 1.807) is 24.4 Å². The number of carbonyl (C=O) groups is 1. The topological polar surface area (TPSA) is 57.8 Å². The van der Waals surface area contributed by atoms with Crippen molar-refractivity contribution >= 4 is 40.0 Å². The Kier molecular flexibility index (Phi) is 4.28. The van der Waals surface area contributed by atoms with Gasteiger partial charge in [0, 0.05) is 22.8 Å². The third-order valence-corrected chi connectivity index (χ3v) is 4.69. The molecule has 6 heteroatoms. The van der Waals surface area contributed by atoms with E-state index >= 15 is 0 Å². The summed E-state index contributed by atoms with van der Waals surface area (Å²) in [6.45, 7) is 5.80. The largest absolute Gasteiger partial charge is 0.350 e. The molecule has 1 aromatic carbocycles. The van der Waals surface area contributed by atoms with Crippen molar-refractivity contribution in [3.05, 3.63) is 63.5 Å². The van der Waals surface area contributed by atoms with Gasteiger partial charge in [0.1, 0.15) is 5.69 Å². The van der Waals surface area contributed by atoms with Crippen molar-refractivity contribution in [1.82, 2.24) is 15.3 Å². The minimum atomic E-state index is -0.551. The Morgan fingerprint density at radius 3 is 2.54 bits per heavy atom. The lowest BCUT2D eigenvalue weighted by Crippen LogP contribution is -2.41. The van der Waals surface area contributed by atoms with E-state index in [1.807, 2.05) is 32.9 Å². The molecule has 0 saturated heterocycles. The van der Waals surface area contributed by atoms with Crippen LogP contribution in [0, 0.1) is 6.92 Å². The molecule has 4 nitrogen and oxygen atoms in total. The second-order valence-corrected chi connectivity index (χ2v) is 7.12. The van der Waals surface area contributed by atoms with Gasteiger partial charge in [-0.1, -0.05) is 29.3 Å². The lowest BCUT2D eigenvalue weighted by atomic mass is 9.95. The zero-order valence-corrected chi connectivity index (χ0v) is 15.1. The van der Waals surface area contributed by atoms with Crippen molar-refractivity contribution in [1.29, 1.82) is 0 Å². The standard InChI is InChI=1S/C18H17Cl2N3O/c1-10-4-5-12(9-21-10)18(2,3)23-17(24)16-7-11-6-13(19)14(20)8-15(11)22-16/h4-9,22H,1-3H3,(H,23,24). The van der Waals surface area contributed by atoms with E-state index in [9.17, 15) is 4.79 Å². The number of halogens is 2. The Hall–Kier alpha value is -2.04. The van der Waals surface area contributed by atoms with Crippen LogP contribution in [0.3, 0.4) is 0 Å². The van der Waals surface area contributed by atoms with Gasteiger partial charge in [0.25, 0.3) is 5.91 Å². The summed E-state index contributed by atoms with van der Waals surface area (Å²) in [5.41, 5.74) is 2.54. The fourth-order valence-electron chi connectivity index (χ4n) is 2.51. The van der Waals surface area contributed by atoms with Gasteiger partial charge in [0.05, 0.1) is 15.6 Å². The van der Waals surface area contributed by atoms with Crippen molar-refractivity contribution in [2.45, 2.75) is 26.3 Å². The van der Waals surface area contributed by atoms with E-state index in [2.05, 4.69) is 15.3 Å². The molecule has 3 rings (SSSR count). The highest BCUT2D eigenvalue weighted by Crippen LogP contribution is 2.28. The number of aryl methyl sites for hydroxylation is 1. The van der Waals surface area contributed by atoms with Crippen LogP contribution in [0.4, 0.5) is 0 Å². The van der Waals surface area contributed by atoms with Gasteiger partial charge in [-0.25, -0.2) is 0 Å². The summed E-state index contributed by atoms with van der Waals surface area (Å²) in [6.07, 6.45) is 1.78. The molecule has 124 valence electrons. The average molecular weight is 362 g/mol. The second-order valence-electron chi connectivity index (χ2n) is 6.30. The van der Waals surface area contributed by atoms with Crippen LogP contribution in [0.5, 0.6) is 0 Å². The van der Waals surface area contributed by atoms with E-state index < -0.39 is 5.54 Å². The maximum absolute atomic E-state index is 12.6. The molecule has 2 heterocycles. The Balaban J connectivity index is 1.87. The number of amides is 1. The predicted octanol–water partition coefficient (Wildman–Crippen LogP) is 4.84. The normalized spacial score (nSPS) is 11.7. The Morgan fingerprint density at radius 1 is 1.17 bits per heavy atom. The van der Waals surface area contributed by atoms with Crippen LogP contribution in [0.25, 0.3) is 10.9 Å². The minimum Gasteiger partial charge on any atom is -0.350 e. The number of pyridine rings is 1. The van der Waals surface area contributed by atoms with Crippen molar-refractivity contribution in [3.8, 4) is 0 Å². The molecule has 0 aliphatic rings. The first-order chi connectivity index (χ1) is 11.3. The number of hydrogen-bond donors (Lipinski definition) is 2. The van der Waals surface area contributed by atoms with Crippen LogP contribution in [0.1, 0.15) is 35.6 Å². The van der Waals surface area contributed by atoms with Gasteiger partial charge in [-0.2, -0.15) is 0 Å². The first kappa shape index (κ1) is 16.8. The van der Waals surface area contributed by atoms with Crippen molar-refractivity contribution < 1.29 is 4.79 Å². The zero-order chi connectivity index (χ0) is 17.5. The number of benzene rings is 1. The molecule has 0 spiro atoms. The third kappa shape index (κ3) is 3.25. The van der Waals surface area contributed by atoms with Gasteiger partial charge in [0.2, 0.25) is 0 Å². The number of H-pyrrole nitrogens is 1. The van der Waals surface area contributed by atoms with Crippen LogP contribution >= 0.6 is 23.2 Å². The quantitative estimate of drug-likeness (QED) is 0.700. The summed E-state index contributed by atoms with van der Waals surface area (Å²) in [5.74, 6) is -0.205. The Morgan fingerprint density at radius 2 is 1.88 bits per heavy atom. The van der Waals surface area contributed by atoms with E-state index in [0.717, 1.165) is 22.2 Å². The van der Waals surface area contributed by atoms with E-state index in [0.29, 0.717) is 15.7 Å². The van der Waals surface area contributed by atoms with Crippen LogP contribution in [-0.2, 0) is 5.54 Å². The molecular weight excluding hydrogens is 345 g/mol. The highest BCUT2D eigenvalue weighted by Gasteiger charge is 2.24. The molecule has 0 aliphatic heterocycles. The molecule has 2 aromatic heterocycles. The number of carbonyl (C=O) groups excluding carboxylic acids is 1. The highest BCUT2D eigenvalue weighted by atomic mass is 35.5. The number of nitrogens with one attached hydrogen (secondary N) is 2. The molecule has 0 fully saturated rings. The SMILES string of the molecule is Cc1ccc(C(C)(C)NC(=O)c2cc3cc(Cl)c(Cl)cc3[nH]2)cn1. The summed E-state index contributed by atoms with van der Waals surface area (Å²) >= 11 is 12.0. The first-order valence-electron chi connectivity index (χ1n) is 7.50. The van der Waals surface area contributed by atoms with E-state index in [-0.39, 0.29) is 5.91 Å². The van der Waals surface area contributed by atoms with Gasteiger partial charge in [0.15, 0.2) is 0 Å². The fraction of sp³-hybridized carbons (Fsp3) is 0.222. The molecule has 1 amide bonds. The Labute approximate surface area is 150 Å². The number of aromatic nitrogens is 2. The van der Waals surface area contributed by atoms with Crippen molar-refractivity contribution in [2.75, 3.05) is 0 Å². The van der Waals surface area contributed by atoms with Gasteiger partial charge in [-0.15, -0.1) is 0 Å². The minimum absolute atomic E-state index is 0.205. The molecule has 0 saturated carbocycles.